The topological polar surface area (TPSA) is 35.2 Å². The van der Waals surface area contributed by atoms with Gasteiger partial charge in [-0.2, -0.15) is 0 Å². The fourth-order valence-electron chi connectivity index (χ4n) is 1.33. The molecule has 0 radical (unpaired) electrons. The van der Waals surface area contributed by atoms with Gasteiger partial charge in [-0.3, -0.25) is 0 Å². The maximum atomic E-state index is 12.2. The second-order valence-electron chi connectivity index (χ2n) is 3.36. The smallest absolute Gasteiger partial charge is 0.405 e. The molecule has 0 saturated carbocycles. The summed E-state index contributed by atoms with van der Waals surface area (Å²) in [6, 6.07) is 3.62. The van der Waals surface area contributed by atoms with Gasteiger partial charge in [0.2, 0.25) is 0 Å². The third-order valence-corrected chi connectivity index (χ3v) is 2.51. The van der Waals surface area contributed by atoms with E-state index in [0.717, 1.165) is 0 Å². The molecule has 0 heterocycles. The summed E-state index contributed by atoms with van der Waals surface area (Å²) >= 11 is 3.18. The summed E-state index contributed by atoms with van der Waals surface area (Å²) in [4.78, 5) is 0. The molecule has 0 aromatic heterocycles. The Morgan fingerprint density at radius 1 is 1.47 bits per heavy atom. The Balaban J connectivity index is 3.07. The average Bonchev–Trinajstić information content (AvgIpc) is 2.19. The highest BCUT2D eigenvalue weighted by molar-refractivity contribution is 9.10. The van der Waals surface area contributed by atoms with Gasteiger partial charge in [0, 0.05) is 16.1 Å². The number of rotatable bonds is 4. The van der Waals surface area contributed by atoms with E-state index >= 15 is 0 Å². The van der Waals surface area contributed by atoms with E-state index in [1.54, 1.807) is 6.08 Å². The van der Waals surface area contributed by atoms with Gasteiger partial charge in [-0.1, -0.05) is 22.0 Å². The Bertz CT molecular complexity index is 406. The van der Waals surface area contributed by atoms with E-state index in [9.17, 15) is 13.2 Å². The minimum atomic E-state index is -4.73. The summed E-state index contributed by atoms with van der Waals surface area (Å²) in [5, 5.41) is 0. The molecule has 0 saturated heterocycles. The van der Waals surface area contributed by atoms with Gasteiger partial charge in [0.25, 0.3) is 0 Å². The molecule has 6 heteroatoms. The van der Waals surface area contributed by atoms with E-state index in [1.165, 1.54) is 18.2 Å². The van der Waals surface area contributed by atoms with E-state index in [0.29, 0.717) is 10.9 Å². The van der Waals surface area contributed by atoms with Crippen molar-refractivity contribution >= 4 is 15.9 Å². The van der Waals surface area contributed by atoms with E-state index in [4.69, 9.17) is 5.73 Å². The van der Waals surface area contributed by atoms with E-state index in [1.807, 2.05) is 0 Å². The van der Waals surface area contributed by atoms with E-state index in [-0.39, 0.29) is 11.3 Å². The van der Waals surface area contributed by atoms with Gasteiger partial charge in [-0.15, -0.1) is 19.8 Å². The van der Waals surface area contributed by atoms with Crippen LogP contribution in [0.4, 0.5) is 13.2 Å². The molecular weight excluding hydrogens is 299 g/mol. The van der Waals surface area contributed by atoms with Gasteiger partial charge in [0.05, 0.1) is 0 Å². The summed E-state index contributed by atoms with van der Waals surface area (Å²) in [6.07, 6.45) is -2.82. The number of alkyl halides is 3. The van der Waals surface area contributed by atoms with Crippen molar-refractivity contribution in [1.29, 1.82) is 0 Å². The minimum Gasteiger partial charge on any atom is -0.405 e. The Labute approximate surface area is 105 Å². The molecule has 0 fully saturated rings. The zero-order valence-corrected chi connectivity index (χ0v) is 10.4. The van der Waals surface area contributed by atoms with Gasteiger partial charge in [-0.25, -0.2) is 0 Å². The Morgan fingerprint density at radius 2 is 2.12 bits per heavy atom. The van der Waals surface area contributed by atoms with Crippen LogP contribution in [0.15, 0.2) is 35.3 Å². The normalized spacial score (nSPS) is 13.2. The Morgan fingerprint density at radius 3 is 2.65 bits per heavy atom. The number of benzene rings is 1. The zero-order chi connectivity index (χ0) is 13.1. The lowest BCUT2D eigenvalue weighted by molar-refractivity contribution is -0.275. The predicted octanol–water partition coefficient (Wildman–Crippen LogP) is 3.92. The van der Waals surface area contributed by atoms with Crippen LogP contribution in [0, 0.1) is 0 Å². The maximum absolute atomic E-state index is 12.2. The Hall–Kier alpha value is -1.01. The summed E-state index contributed by atoms with van der Waals surface area (Å²) in [5.41, 5.74) is 6.04. The second kappa shape index (κ2) is 5.55. The molecule has 0 aliphatic heterocycles. The Kier molecular flexibility index (Phi) is 4.59. The molecular formula is C11H11BrF3NO. The largest absolute Gasteiger partial charge is 0.573 e. The number of nitrogens with two attached hydrogens (primary N) is 1. The van der Waals surface area contributed by atoms with Crippen LogP contribution in [0.3, 0.4) is 0 Å². The molecule has 2 nitrogen and oxygen atoms in total. The van der Waals surface area contributed by atoms with Crippen molar-refractivity contribution < 1.29 is 17.9 Å². The SMILES string of the molecule is C=CC[C@H](N)c1cc(Br)ccc1OC(F)(F)F. The fraction of sp³-hybridized carbons (Fsp3) is 0.273. The van der Waals surface area contributed by atoms with Crippen LogP contribution in [0.25, 0.3) is 0 Å². The summed E-state index contributed by atoms with van der Waals surface area (Å²) in [6.45, 7) is 3.50. The van der Waals surface area contributed by atoms with Gasteiger partial charge in [-0.05, 0) is 24.6 Å². The molecule has 17 heavy (non-hydrogen) atoms. The zero-order valence-electron chi connectivity index (χ0n) is 8.80. The van der Waals surface area contributed by atoms with Crippen LogP contribution in [0.5, 0.6) is 5.75 Å². The van der Waals surface area contributed by atoms with E-state index < -0.39 is 12.4 Å². The molecule has 0 amide bonds. The minimum absolute atomic E-state index is 0.282. The first-order valence-corrected chi connectivity index (χ1v) is 5.54. The van der Waals surface area contributed by atoms with Crippen molar-refractivity contribution in [2.75, 3.05) is 0 Å². The highest BCUT2D eigenvalue weighted by atomic mass is 79.9. The third-order valence-electron chi connectivity index (χ3n) is 2.02. The third kappa shape index (κ3) is 4.40. The molecule has 0 bridgehead atoms. The maximum Gasteiger partial charge on any atom is 0.573 e. The van der Waals surface area contributed by atoms with Gasteiger partial charge < -0.3 is 10.5 Å². The van der Waals surface area contributed by atoms with Crippen molar-refractivity contribution in [3.8, 4) is 5.75 Å². The molecule has 1 aromatic rings. The quantitative estimate of drug-likeness (QED) is 0.855. The van der Waals surface area contributed by atoms with Gasteiger partial charge in [0.15, 0.2) is 0 Å². The van der Waals surface area contributed by atoms with Gasteiger partial charge >= 0.3 is 6.36 Å². The van der Waals surface area contributed by atoms with Gasteiger partial charge in [0.1, 0.15) is 5.75 Å². The highest BCUT2D eigenvalue weighted by Crippen LogP contribution is 2.32. The average molecular weight is 310 g/mol. The fourth-order valence-corrected chi connectivity index (χ4v) is 1.71. The highest BCUT2D eigenvalue weighted by Gasteiger charge is 2.32. The van der Waals surface area contributed by atoms with Crippen LogP contribution in [-0.2, 0) is 0 Å². The molecule has 1 aromatic carbocycles. The molecule has 0 aliphatic rings. The molecule has 1 atom stereocenters. The molecule has 1 rings (SSSR count). The lowest BCUT2D eigenvalue weighted by atomic mass is 10.0. The van der Waals surface area contributed by atoms with Crippen molar-refractivity contribution in [1.82, 2.24) is 0 Å². The van der Waals surface area contributed by atoms with Crippen molar-refractivity contribution in [3.63, 3.8) is 0 Å². The molecule has 0 aliphatic carbocycles. The van der Waals surface area contributed by atoms with Crippen LogP contribution < -0.4 is 10.5 Å². The van der Waals surface area contributed by atoms with Crippen LogP contribution in [0.1, 0.15) is 18.0 Å². The number of hydrogen-bond donors (Lipinski definition) is 1. The molecule has 0 spiro atoms. The molecule has 2 N–H and O–H groups in total. The van der Waals surface area contributed by atoms with E-state index in [2.05, 4.69) is 27.2 Å². The lowest BCUT2D eigenvalue weighted by Gasteiger charge is -2.17. The molecule has 0 unspecified atom stereocenters. The number of hydrogen-bond acceptors (Lipinski definition) is 2. The first kappa shape index (κ1) is 14.1. The van der Waals surface area contributed by atoms with Crippen LogP contribution >= 0.6 is 15.9 Å². The summed E-state index contributed by atoms with van der Waals surface area (Å²) in [7, 11) is 0. The van der Waals surface area contributed by atoms with Crippen LogP contribution in [-0.4, -0.2) is 6.36 Å². The monoisotopic (exact) mass is 309 g/mol. The summed E-state index contributed by atoms with van der Waals surface area (Å²) in [5.74, 6) is -0.282. The van der Waals surface area contributed by atoms with Crippen molar-refractivity contribution in [3.05, 3.63) is 40.9 Å². The first-order chi connectivity index (χ1) is 7.83. The van der Waals surface area contributed by atoms with Crippen molar-refractivity contribution in [2.45, 2.75) is 18.8 Å². The van der Waals surface area contributed by atoms with Crippen molar-refractivity contribution in [2.24, 2.45) is 5.73 Å². The molecule has 94 valence electrons. The first-order valence-electron chi connectivity index (χ1n) is 4.75. The standard InChI is InChI=1S/C11H11BrF3NO/c1-2-3-9(16)8-6-7(12)4-5-10(8)17-11(13,14)15/h2,4-6,9H,1,3,16H2/t9-/m0/s1. The number of halogens is 4. The van der Waals surface area contributed by atoms with Crippen LogP contribution in [0.2, 0.25) is 0 Å². The number of ether oxygens (including phenoxy) is 1. The summed E-state index contributed by atoms with van der Waals surface area (Å²) < 4.78 is 41.1. The lowest BCUT2D eigenvalue weighted by Crippen LogP contribution is -2.20. The predicted molar refractivity (Wildman–Crippen MR) is 62.6 cm³/mol. The second-order valence-corrected chi connectivity index (χ2v) is 4.28.